The molecule has 0 heterocycles. The fraction of sp³-hybridized carbons (Fsp3) is 0.727. The van der Waals surface area contributed by atoms with Gasteiger partial charge in [0.2, 0.25) is 0 Å². The van der Waals surface area contributed by atoms with Crippen molar-refractivity contribution in [3.63, 3.8) is 0 Å². The van der Waals surface area contributed by atoms with Gasteiger partial charge in [0.25, 0.3) is 0 Å². The van der Waals surface area contributed by atoms with Gasteiger partial charge < -0.3 is 0 Å². The monoisotopic (exact) mass is 166 g/mol. The fourth-order valence-corrected chi connectivity index (χ4v) is 1.73. The molecular formula is C11H18O. The summed E-state index contributed by atoms with van der Waals surface area (Å²) in [5.74, 6) is 1.67. The molecular weight excluding hydrogens is 148 g/mol. The van der Waals surface area contributed by atoms with Gasteiger partial charge in [-0.05, 0) is 30.8 Å². The van der Waals surface area contributed by atoms with Crippen molar-refractivity contribution in [2.45, 2.75) is 33.6 Å². The van der Waals surface area contributed by atoms with Gasteiger partial charge >= 0.3 is 0 Å². The van der Waals surface area contributed by atoms with Crippen LogP contribution in [0.1, 0.15) is 33.6 Å². The predicted octanol–water partition coefficient (Wildman–Crippen LogP) is 2.81. The molecule has 1 heteroatoms. The summed E-state index contributed by atoms with van der Waals surface area (Å²) in [6.07, 6.45) is 6.04. The number of rotatable bonds is 1. The standard InChI is InChI=1S/C11H18O/c1-8(2)10-6-4-9(3)5-7-11(10)12/h5,7-10H,4,6H2,1-3H3/t9-,10+/m1/s1. The van der Waals surface area contributed by atoms with Gasteiger partial charge in [-0.25, -0.2) is 0 Å². The minimum absolute atomic E-state index is 0.270. The zero-order chi connectivity index (χ0) is 9.14. The van der Waals surface area contributed by atoms with Crippen molar-refractivity contribution in [3.8, 4) is 0 Å². The van der Waals surface area contributed by atoms with E-state index in [4.69, 9.17) is 0 Å². The van der Waals surface area contributed by atoms with E-state index >= 15 is 0 Å². The number of carbonyl (C=O) groups excluding carboxylic acids is 1. The van der Waals surface area contributed by atoms with Crippen molar-refractivity contribution < 1.29 is 4.79 Å². The summed E-state index contributed by atoms with van der Waals surface area (Å²) in [5, 5.41) is 0. The van der Waals surface area contributed by atoms with E-state index in [0.717, 1.165) is 12.8 Å². The SMILES string of the molecule is CC(C)[C@@H]1CC[C@@H](C)C=CC1=O. The minimum Gasteiger partial charge on any atom is -0.295 e. The second-order valence-electron chi connectivity index (χ2n) is 4.17. The van der Waals surface area contributed by atoms with Crippen LogP contribution in [-0.2, 0) is 4.79 Å². The van der Waals surface area contributed by atoms with Crippen LogP contribution < -0.4 is 0 Å². The quantitative estimate of drug-likeness (QED) is 0.585. The van der Waals surface area contributed by atoms with Gasteiger partial charge in [-0.1, -0.05) is 26.8 Å². The van der Waals surface area contributed by atoms with Crippen molar-refractivity contribution in [1.82, 2.24) is 0 Å². The molecule has 0 amide bonds. The van der Waals surface area contributed by atoms with Crippen LogP contribution in [0.25, 0.3) is 0 Å². The highest BCUT2D eigenvalue weighted by molar-refractivity contribution is 5.92. The molecule has 0 N–H and O–H groups in total. The summed E-state index contributed by atoms with van der Waals surface area (Å²) in [6.45, 7) is 6.44. The summed E-state index contributed by atoms with van der Waals surface area (Å²) < 4.78 is 0. The van der Waals surface area contributed by atoms with Gasteiger partial charge in [-0.15, -0.1) is 0 Å². The first-order valence-electron chi connectivity index (χ1n) is 4.83. The molecule has 12 heavy (non-hydrogen) atoms. The third-order valence-corrected chi connectivity index (χ3v) is 2.69. The lowest BCUT2D eigenvalue weighted by Gasteiger charge is -2.16. The number of allylic oxidation sites excluding steroid dienone is 2. The molecule has 2 atom stereocenters. The van der Waals surface area contributed by atoms with Gasteiger partial charge in [-0.3, -0.25) is 4.79 Å². The third kappa shape index (κ3) is 2.20. The van der Waals surface area contributed by atoms with E-state index in [-0.39, 0.29) is 5.92 Å². The molecule has 0 radical (unpaired) electrons. The zero-order valence-electron chi connectivity index (χ0n) is 8.21. The molecule has 1 aliphatic rings. The molecule has 0 spiro atoms. The molecule has 1 aliphatic carbocycles. The molecule has 0 aromatic rings. The molecule has 68 valence electrons. The van der Waals surface area contributed by atoms with Crippen LogP contribution in [0.5, 0.6) is 0 Å². The Morgan fingerprint density at radius 1 is 1.42 bits per heavy atom. The van der Waals surface area contributed by atoms with Crippen molar-refractivity contribution >= 4 is 5.78 Å². The van der Waals surface area contributed by atoms with Crippen LogP contribution in [0.15, 0.2) is 12.2 Å². The molecule has 1 rings (SSSR count). The van der Waals surface area contributed by atoms with Crippen molar-refractivity contribution in [2.75, 3.05) is 0 Å². The smallest absolute Gasteiger partial charge is 0.158 e. The second kappa shape index (κ2) is 3.88. The Morgan fingerprint density at radius 2 is 2.08 bits per heavy atom. The normalized spacial score (nSPS) is 30.8. The van der Waals surface area contributed by atoms with E-state index in [0.29, 0.717) is 17.6 Å². The van der Waals surface area contributed by atoms with E-state index in [1.165, 1.54) is 0 Å². The van der Waals surface area contributed by atoms with Crippen molar-refractivity contribution in [1.29, 1.82) is 0 Å². The molecule has 0 aromatic heterocycles. The van der Waals surface area contributed by atoms with E-state index in [2.05, 4.69) is 20.8 Å². The maximum Gasteiger partial charge on any atom is 0.158 e. The highest BCUT2D eigenvalue weighted by atomic mass is 16.1. The summed E-state index contributed by atoms with van der Waals surface area (Å²) in [7, 11) is 0. The first kappa shape index (κ1) is 9.50. The Labute approximate surface area is 74.9 Å². The fourth-order valence-electron chi connectivity index (χ4n) is 1.73. The number of hydrogen-bond donors (Lipinski definition) is 0. The first-order chi connectivity index (χ1) is 5.61. The topological polar surface area (TPSA) is 17.1 Å². The van der Waals surface area contributed by atoms with Crippen LogP contribution in [0, 0.1) is 17.8 Å². The zero-order valence-corrected chi connectivity index (χ0v) is 8.21. The number of hydrogen-bond acceptors (Lipinski definition) is 1. The number of ketones is 1. The van der Waals surface area contributed by atoms with Crippen molar-refractivity contribution in [3.05, 3.63) is 12.2 Å². The van der Waals surface area contributed by atoms with Crippen LogP contribution in [0.2, 0.25) is 0 Å². The predicted molar refractivity (Wildman–Crippen MR) is 50.9 cm³/mol. The summed E-state index contributed by atoms with van der Waals surface area (Å²) in [6, 6.07) is 0. The van der Waals surface area contributed by atoms with Gasteiger partial charge in [0.05, 0.1) is 0 Å². The Hall–Kier alpha value is -0.590. The van der Waals surface area contributed by atoms with E-state index in [1.54, 1.807) is 6.08 Å². The van der Waals surface area contributed by atoms with E-state index < -0.39 is 0 Å². The van der Waals surface area contributed by atoms with Crippen LogP contribution in [0.3, 0.4) is 0 Å². The third-order valence-electron chi connectivity index (χ3n) is 2.69. The molecule has 0 saturated carbocycles. The van der Waals surface area contributed by atoms with Gasteiger partial charge in [-0.2, -0.15) is 0 Å². The Kier molecular flexibility index (Phi) is 3.07. The maximum absolute atomic E-state index is 11.5. The minimum atomic E-state index is 0.270. The molecule has 0 fully saturated rings. The lowest BCUT2D eigenvalue weighted by molar-refractivity contribution is -0.119. The van der Waals surface area contributed by atoms with Gasteiger partial charge in [0.1, 0.15) is 0 Å². The summed E-state index contributed by atoms with van der Waals surface area (Å²) in [5.41, 5.74) is 0. The summed E-state index contributed by atoms with van der Waals surface area (Å²) >= 11 is 0. The van der Waals surface area contributed by atoms with E-state index in [1.807, 2.05) is 6.08 Å². The van der Waals surface area contributed by atoms with Gasteiger partial charge in [0.15, 0.2) is 5.78 Å². The van der Waals surface area contributed by atoms with E-state index in [9.17, 15) is 4.79 Å². The second-order valence-corrected chi connectivity index (χ2v) is 4.17. The largest absolute Gasteiger partial charge is 0.295 e. The van der Waals surface area contributed by atoms with Crippen molar-refractivity contribution in [2.24, 2.45) is 17.8 Å². The lowest BCUT2D eigenvalue weighted by Crippen LogP contribution is -2.17. The van der Waals surface area contributed by atoms with Crippen LogP contribution in [0.4, 0.5) is 0 Å². The van der Waals surface area contributed by atoms with Crippen LogP contribution in [-0.4, -0.2) is 5.78 Å². The Morgan fingerprint density at radius 3 is 2.67 bits per heavy atom. The summed E-state index contributed by atoms with van der Waals surface area (Å²) in [4.78, 5) is 11.5. The molecule has 0 aliphatic heterocycles. The highest BCUT2D eigenvalue weighted by Crippen LogP contribution is 2.25. The highest BCUT2D eigenvalue weighted by Gasteiger charge is 2.22. The lowest BCUT2D eigenvalue weighted by atomic mass is 9.87. The Bertz CT molecular complexity index is 191. The molecule has 0 bridgehead atoms. The molecule has 1 nitrogen and oxygen atoms in total. The average molecular weight is 166 g/mol. The Balaban J connectivity index is 2.67. The average Bonchev–Trinajstić information content (AvgIpc) is 2.14. The molecule has 0 unspecified atom stereocenters. The molecule has 0 aromatic carbocycles. The maximum atomic E-state index is 11.5. The van der Waals surface area contributed by atoms with Crippen LogP contribution >= 0.6 is 0 Å². The first-order valence-corrected chi connectivity index (χ1v) is 4.83. The van der Waals surface area contributed by atoms with Gasteiger partial charge in [0, 0.05) is 5.92 Å². The molecule has 0 saturated heterocycles. The number of carbonyl (C=O) groups is 1.